The van der Waals surface area contributed by atoms with Crippen LogP contribution in [0.25, 0.3) is 0 Å². The molecule has 0 unspecified atom stereocenters. The molecule has 2 atom stereocenters. The van der Waals surface area contributed by atoms with Gasteiger partial charge < -0.3 is 0 Å². The van der Waals surface area contributed by atoms with Crippen LogP contribution < -0.4 is 4.46 Å². The molecule has 0 spiro atoms. The van der Waals surface area contributed by atoms with Crippen LogP contribution in [-0.2, 0) is 19.1 Å². The van der Waals surface area contributed by atoms with Crippen molar-refractivity contribution in [3.63, 3.8) is 0 Å². The molecule has 0 aromatic heterocycles. The third-order valence-corrected chi connectivity index (χ3v) is 5.56. The molecule has 1 aliphatic rings. The van der Waals surface area contributed by atoms with Gasteiger partial charge in [0.05, 0.1) is 0 Å². The molecule has 0 radical (unpaired) electrons. The molecule has 106 valence electrons. The van der Waals surface area contributed by atoms with Gasteiger partial charge in [0.25, 0.3) is 0 Å². The second-order valence-electron chi connectivity index (χ2n) is 4.75. The van der Waals surface area contributed by atoms with Crippen LogP contribution in [0.1, 0.15) is 19.3 Å². The van der Waals surface area contributed by atoms with E-state index in [-0.39, 0.29) is 37.8 Å². The van der Waals surface area contributed by atoms with Crippen molar-refractivity contribution in [2.75, 3.05) is 7.11 Å². The van der Waals surface area contributed by atoms with E-state index in [0.29, 0.717) is 12.8 Å². The van der Waals surface area contributed by atoms with Crippen molar-refractivity contribution < 1.29 is 19.1 Å². The Labute approximate surface area is 124 Å². The van der Waals surface area contributed by atoms with E-state index < -0.39 is 11.9 Å². The van der Waals surface area contributed by atoms with Crippen LogP contribution in [0.5, 0.6) is 0 Å². The Balaban J connectivity index is 2.10. The second-order valence-corrected chi connectivity index (χ2v) is 7.01. The zero-order valence-electron chi connectivity index (χ0n) is 11.2. The Morgan fingerprint density at radius 2 is 1.90 bits per heavy atom. The summed E-state index contributed by atoms with van der Waals surface area (Å²) in [6.07, 6.45) is 0.981. The molecule has 1 fully saturated rings. The third-order valence-electron chi connectivity index (χ3n) is 3.44. The molecule has 20 heavy (non-hydrogen) atoms. The predicted octanol–water partition coefficient (Wildman–Crippen LogP) is 0.701. The minimum absolute atomic E-state index is 0.0386. The molecule has 0 N–H and O–H groups in total. The number of ether oxygens (including phenoxy) is 1. The first kappa shape index (κ1) is 14.9. The van der Waals surface area contributed by atoms with Crippen LogP contribution in [0.2, 0.25) is 0 Å². The van der Waals surface area contributed by atoms with E-state index in [4.69, 9.17) is 4.74 Å². The second kappa shape index (κ2) is 6.82. The normalized spacial score (nSPS) is 22.4. The van der Waals surface area contributed by atoms with Crippen molar-refractivity contribution in [2.45, 2.75) is 19.3 Å². The molecule has 1 aliphatic carbocycles. The number of carbonyl (C=O) groups excluding carboxylic acids is 3. The molecule has 2 rings (SSSR count). The zero-order chi connectivity index (χ0) is 14.5. The van der Waals surface area contributed by atoms with Crippen molar-refractivity contribution >= 4 is 35.9 Å². The average Bonchev–Trinajstić information content (AvgIpc) is 2.47. The molecule has 0 heterocycles. The van der Waals surface area contributed by atoms with Gasteiger partial charge in [-0.15, -0.1) is 0 Å². The maximum atomic E-state index is 12.4. The van der Waals surface area contributed by atoms with E-state index in [1.165, 1.54) is 7.11 Å². The summed E-state index contributed by atoms with van der Waals surface area (Å²) in [5.41, 5.74) is 0. The van der Waals surface area contributed by atoms with Gasteiger partial charge in [0.2, 0.25) is 0 Å². The van der Waals surface area contributed by atoms with Gasteiger partial charge in [-0.25, -0.2) is 0 Å². The monoisotopic (exact) mass is 340 g/mol. The average molecular weight is 339 g/mol. The van der Waals surface area contributed by atoms with Gasteiger partial charge in [0.15, 0.2) is 0 Å². The minimum atomic E-state index is -0.598. The summed E-state index contributed by atoms with van der Waals surface area (Å²) in [6, 6.07) is 9.53. The number of hydrogen-bond donors (Lipinski definition) is 0. The molecule has 1 aromatic rings. The predicted molar refractivity (Wildman–Crippen MR) is 74.7 cm³/mol. The fraction of sp³-hybridized carbons (Fsp3) is 0.400. The summed E-state index contributed by atoms with van der Waals surface area (Å²) in [7, 11) is 1.30. The summed E-state index contributed by atoms with van der Waals surface area (Å²) in [6.45, 7) is 0. The number of methoxy groups -OCH3 is 1. The van der Waals surface area contributed by atoms with Crippen molar-refractivity contribution in [3.05, 3.63) is 30.3 Å². The Hall–Kier alpha value is -1.45. The van der Waals surface area contributed by atoms with E-state index >= 15 is 0 Å². The fourth-order valence-corrected chi connectivity index (χ4v) is 4.38. The summed E-state index contributed by atoms with van der Waals surface area (Å²) in [5, 5.41) is 0. The molecule has 5 heteroatoms. The summed E-state index contributed by atoms with van der Waals surface area (Å²) in [4.78, 5) is 35.7. The SMILES string of the molecule is COC(=O)[C@H]1CC(=O)CC[C@@H]1C(=O)[Se]c1ccccc1. The van der Waals surface area contributed by atoms with Crippen LogP contribution >= 0.6 is 0 Å². The van der Waals surface area contributed by atoms with Gasteiger partial charge in [-0.3, -0.25) is 0 Å². The molecular weight excluding hydrogens is 323 g/mol. The number of ketones is 1. The van der Waals surface area contributed by atoms with Gasteiger partial charge in [0, 0.05) is 0 Å². The van der Waals surface area contributed by atoms with Crippen LogP contribution in [0.15, 0.2) is 30.3 Å². The van der Waals surface area contributed by atoms with Gasteiger partial charge in [0.1, 0.15) is 0 Å². The topological polar surface area (TPSA) is 60.4 Å². The molecule has 1 saturated carbocycles. The van der Waals surface area contributed by atoms with Crippen molar-refractivity contribution in [2.24, 2.45) is 11.8 Å². The van der Waals surface area contributed by atoms with E-state index in [1.54, 1.807) is 0 Å². The van der Waals surface area contributed by atoms with Gasteiger partial charge >= 0.3 is 124 Å². The standard InChI is InChI=1S/C15H16O4Se/c1-19-14(17)13-9-10(16)7-8-12(13)15(18)20-11-5-3-2-4-6-11/h2-6,12-13H,7-9H2,1H3/t12-,13-/m0/s1. The van der Waals surface area contributed by atoms with Crippen molar-refractivity contribution in [1.82, 2.24) is 0 Å². The molecule has 0 aliphatic heterocycles. The van der Waals surface area contributed by atoms with Crippen molar-refractivity contribution in [1.29, 1.82) is 0 Å². The Morgan fingerprint density at radius 3 is 2.55 bits per heavy atom. The first-order valence-corrected chi connectivity index (χ1v) is 8.19. The molecule has 0 saturated heterocycles. The van der Waals surface area contributed by atoms with E-state index in [1.807, 2.05) is 30.3 Å². The molecule has 4 nitrogen and oxygen atoms in total. The quantitative estimate of drug-likeness (QED) is 0.599. The number of Topliss-reactive ketones (excluding diaryl/α,β-unsaturated/α-hetero) is 1. The zero-order valence-corrected chi connectivity index (χ0v) is 12.9. The van der Waals surface area contributed by atoms with E-state index in [0.717, 1.165) is 4.46 Å². The Morgan fingerprint density at radius 1 is 1.20 bits per heavy atom. The summed E-state index contributed by atoms with van der Waals surface area (Å²) in [5.74, 6) is -1.38. The van der Waals surface area contributed by atoms with Gasteiger partial charge in [-0.1, -0.05) is 0 Å². The Kier molecular flexibility index (Phi) is 5.10. The molecule has 0 amide bonds. The molecular formula is C15H16O4Se. The Bertz CT molecular complexity index is 512. The fourth-order valence-electron chi connectivity index (χ4n) is 2.37. The molecule has 1 aromatic carbocycles. The van der Waals surface area contributed by atoms with Crippen LogP contribution in [-0.4, -0.2) is 38.5 Å². The first-order valence-electron chi connectivity index (χ1n) is 6.48. The van der Waals surface area contributed by atoms with Crippen LogP contribution in [0.4, 0.5) is 0 Å². The van der Waals surface area contributed by atoms with Gasteiger partial charge in [-0.2, -0.15) is 0 Å². The van der Waals surface area contributed by atoms with E-state index in [9.17, 15) is 14.4 Å². The van der Waals surface area contributed by atoms with E-state index in [2.05, 4.69) is 0 Å². The van der Waals surface area contributed by atoms with Crippen LogP contribution in [0.3, 0.4) is 0 Å². The van der Waals surface area contributed by atoms with Gasteiger partial charge in [-0.05, 0) is 0 Å². The number of carbonyl (C=O) groups is 3. The number of rotatable bonds is 4. The maximum absolute atomic E-state index is 12.4. The summed E-state index contributed by atoms with van der Waals surface area (Å²) >= 11 is -0.321. The third kappa shape index (κ3) is 3.56. The number of hydrogen-bond acceptors (Lipinski definition) is 4. The molecule has 0 bridgehead atoms. The summed E-state index contributed by atoms with van der Waals surface area (Å²) < 4.78 is 5.80. The first-order chi connectivity index (χ1) is 9.61. The number of esters is 1. The van der Waals surface area contributed by atoms with Crippen molar-refractivity contribution in [3.8, 4) is 0 Å². The van der Waals surface area contributed by atoms with Crippen LogP contribution in [0, 0.1) is 11.8 Å². The number of benzene rings is 1.